The Morgan fingerprint density at radius 3 is 2.75 bits per heavy atom. The number of primary amides is 1. The lowest BCUT2D eigenvalue weighted by atomic mass is 10.2. The number of hydrogen-bond acceptors (Lipinski definition) is 2. The Balaban J connectivity index is 2.07. The molecule has 0 aliphatic rings. The molecule has 1 rings (SSSR count). The Kier molecular flexibility index (Phi) is 5.96. The summed E-state index contributed by atoms with van der Waals surface area (Å²) in [6.45, 7) is 1.63. The fraction of sp³-hybridized carbons (Fsp3) is 0.308. The second-order valence-corrected chi connectivity index (χ2v) is 3.59. The lowest BCUT2D eigenvalue weighted by molar-refractivity contribution is -0.118. The van der Waals surface area contributed by atoms with E-state index in [1.165, 1.54) is 5.56 Å². The lowest BCUT2D eigenvalue weighted by Crippen LogP contribution is -2.18. The highest BCUT2D eigenvalue weighted by Gasteiger charge is 1.92. The van der Waals surface area contributed by atoms with Gasteiger partial charge in [0.15, 0.2) is 0 Å². The zero-order valence-corrected chi connectivity index (χ0v) is 9.36. The fourth-order valence-corrected chi connectivity index (χ4v) is 1.33. The molecule has 0 bridgehead atoms. The Bertz CT molecular complexity index is 333. The molecule has 1 aromatic rings. The summed E-state index contributed by atoms with van der Waals surface area (Å²) < 4.78 is 0. The van der Waals surface area contributed by atoms with Gasteiger partial charge in [0, 0.05) is 13.0 Å². The van der Waals surface area contributed by atoms with E-state index in [1.54, 1.807) is 0 Å². The van der Waals surface area contributed by atoms with E-state index in [9.17, 15) is 4.79 Å². The van der Waals surface area contributed by atoms with E-state index in [0.717, 1.165) is 19.5 Å². The molecule has 0 heterocycles. The highest BCUT2D eigenvalue weighted by Crippen LogP contribution is 1.99. The van der Waals surface area contributed by atoms with E-state index >= 15 is 0 Å². The number of rotatable bonds is 7. The zero-order valence-electron chi connectivity index (χ0n) is 9.36. The van der Waals surface area contributed by atoms with Gasteiger partial charge in [-0.2, -0.15) is 0 Å². The fourth-order valence-electron chi connectivity index (χ4n) is 1.33. The SMILES string of the molecule is NC(=O)CCCNCC=Cc1ccccc1. The maximum atomic E-state index is 10.5. The molecule has 0 saturated carbocycles. The third kappa shape index (κ3) is 5.98. The lowest BCUT2D eigenvalue weighted by Gasteiger charge is -1.99. The van der Waals surface area contributed by atoms with Gasteiger partial charge in [0.05, 0.1) is 0 Å². The van der Waals surface area contributed by atoms with Crippen molar-refractivity contribution in [2.45, 2.75) is 12.8 Å². The van der Waals surface area contributed by atoms with Gasteiger partial charge in [-0.15, -0.1) is 0 Å². The van der Waals surface area contributed by atoms with Gasteiger partial charge in [0.25, 0.3) is 0 Å². The number of hydrogen-bond donors (Lipinski definition) is 2. The van der Waals surface area contributed by atoms with Gasteiger partial charge in [-0.25, -0.2) is 0 Å². The van der Waals surface area contributed by atoms with Crippen molar-refractivity contribution in [1.29, 1.82) is 0 Å². The minimum absolute atomic E-state index is 0.235. The second-order valence-electron chi connectivity index (χ2n) is 3.59. The number of carbonyl (C=O) groups excluding carboxylic acids is 1. The van der Waals surface area contributed by atoms with Crippen LogP contribution >= 0.6 is 0 Å². The molecule has 1 aromatic carbocycles. The van der Waals surface area contributed by atoms with Crippen LogP contribution in [0.1, 0.15) is 18.4 Å². The average Bonchev–Trinajstić information content (AvgIpc) is 2.29. The van der Waals surface area contributed by atoms with Crippen molar-refractivity contribution in [3.05, 3.63) is 42.0 Å². The van der Waals surface area contributed by atoms with Crippen LogP contribution in [0.3, 0.4) is 0 Å². The molecule has 86 valence electrons. The molecular weight excluding hydrogens is 200 g/mol. The van der Waals surface area contributed by atoms with Gasteiger partial charge in [-0.1, -0.05) is 42.5 Å². The van der Waals surface area contributed by atoms with Gasteiger partial charge in [0.1, 0.15) is 0 Å². The second kappa shape index (κ2) is 7.65. The summed E-state index contributed by atoms with van der Waals surface area (Å²) in [6.07, 6.45) is 5.39. The highest BCUT2D eigenvalue weighted by molar-refractivity contribution is 5.73. The van der Waals surface area contributed by atoms with Gasteiger partial charge in [-0.3, -0.25) is 4.79 Å². The van der Waals surface area contributed by atoms with E-state index in [-0.39, 0.29) is 5.91 Å². The largest absolute Gasteiger partial charge is 0.370 e. The van der Waals surface area contributed by atoms with Crippen molar-refractivity contribution in [3.63, 3.8) is 0 Å². The van der Waals surface area contributed by atoms with E-state index < -0.39 is 0 Å². The van der Waals surface area contributed by atoms with Crippen LogP contribution in [0.4, 0.5) is 0 Å². The van der Waals surface area contributed by atoms with Crippen LogP contribution in [-0.4, -0.2) is 19.0 Å². The maximum Gasteiger partial charge on any atom is 0.217 e. The van der Waals surface area contributed by atoms with Crippen molar-refractivity contribution >= 4 is 12.0 Å². The predicted molar refractivity (Wildman–Crippen MR) is 66.8 cm³/mol. The van der Waals surface area contributed by atoms with Crippen molar-refractivity contribution in [2.24, 2.45) is 5.73 Å². The first-order chi connectivity index (χ1) is 7.79. The van der Waals surface area contributed by atoms with E-state index in [4.69, 9.17) is 5.73 Å². The summed E-state index contributed by atoms with van der Waals surface area (Å²) in [4.78, 5) is 10.5. The number of nitrogens with two attached hydrogens (primary N) is 1. The van der Waals surface area contributed by atoms with Crippen LogP contribution in [0.5, 0.6) is 0 Å². The molecule has 3 nitrogen and oxygen atoms in total. The minimum Gasteiger partial charge on any atom is -0.370 e. The quantitative estimate of drug-likeness (QED) is 0.682. The monoisotopic (exact) mass is 218 g/mol. The molecule has 0 atom stereocenters. The van der Waals surface area contributed by atoms with Crippen LogP contribution in [0.25, 0.3) is 6.08 Å². The predicted octanol–water partition coefficient (Wildman–Crippen LogP) is 1.55. The van der Waals surface area contributed by atoms with Crippen LogP contribution in [0, 0.1) is 0 Å². The number of amides is 1. The Morgan fingerprint density at radius 1 is 1.31 bits per heavy atom. The van der Waals surface area contributed by atoms with Crippen LogP contribution in [-0.2, 0) is 4.79 Å². The van der Waals surface area contributed by atoms with Crippen LogP contribution < -0.4 is 11.1 Å². The van der Waals surface area contributed by atoms with Crippen LogP contribution in [0.15, 0.2) is 36.4 Å². The third-order valence-corrected chi connectivity index (χ3v) is 2.15. The Hall–Kier alpha value is -1.61. The minimum atomic E-state index is -0.235. The topological polar surface area (TPSA) is 55.1 Å². The molecule has 16 heavy (non-hydrogen) atoms. The van der Waals surface area contributed by atoms with Gasteiger partial charge in [-0.05, 0) is 18.5 Å². The first kappa shape index (κ1) is 12.5. The standard InChI is InChI=1S/C13H18N2O/c14-13(16)9-5-11-15-10-4-8-12-6-2-1-3-7-12/h1-4,6-8,15H,5,9-11H2,(H2,14,16). The summed E-state index contributed by atoms with van der Waals surface area (Å²) in [7, 11) is 0. The summed E-state index contributed by atoms with van der Waals surface area (Å²) in [5.41, 5.74) is 6.22. The first-order valence-electron chi connectivity index (χ1n) is 5.49. The molecular formula is C13H18N2O. The van der Waals surface area contributed by atoms with E-state index in [0.29, 0.717) is 6.42 Å². The van der Waals surface area contributed by atoms with Gasteiger partial charge >= 0.3 is 0 Å². The summed E-state index contributed by atoms with van der Waals surface area (Å²) in [5.74, 6) is -0.235. The number of nitrogens with one attached hydrogen (secondary N) is 1. The van der Waals surface area contributed by atoms with Crippen molar-refractivity contribution in [1.82, 2.24) is 5.32 Å². The molecule has 0 radical (unpaired) electrons. The molecule has 0 saturated heterocycles. The number of carbonyl (C=O) groups is 1. The van der Waals surface area contributed by atoms with Crippen molar-refractivity contribution < 1.29 is 4.79 Å². The molecule has 0 spiro atoms. The molecule has 0 aromatic heterocycles. The molecule has 1 amide bonds. The summed E-state index contributed by atoms with van der Waals surface area (Å²) in [5, 5.41) is 3.22. The zero-order chi connectivity index (χ0) is 11.6. The van der Waals surface area contributed by atoms with E-state index in [1.807, 2.05) is 18.2 Å². The number of benzene rings is 1. The smallest absolute Gasteiger partial charge is 0.217 e. The highest BCUT2D eigenvalue weighted by atomic mass is 16.1. The summed E-state index contributed by atoms with van der Waals surface area (Å²) in [6, 6.07) is 10.1. The third-order valence-electron chi connectivity index (χ3n) is 2.15. The first-order valence-corrected chi connectivity index (χ1v) is 5.49. The van der Waals surface area contributed by atoms with Crippen LogP contribution in [0.2, 0.25) is 0 Å². The van der Waals surface area contributed by atoms with Gasteiger partial charge < -0.3 is 11.1 Å². The van der Waals surface area contributed by atoms with Crippen molar-refractivity contribution in [3.8, 4) is 0 Å². The average molecular weight is 218 g/mol. The molecule has 0 aliphatic heterocycles. The van der Waals surface area contributed by atoms with Gasteiger partial charge in [0.2, 0.25) is 5.91 Å². The Labute approximate surface area is 96.3 Å². The van der Waals surface area contributed by atoms with E-state index in [2.05, 4.69) is 29.6 Å². The summed E-state index contributed by atoms with van der Waals surface area (Å²) >= 11 is 0. The normalized spacial score (nSPS) is 10.8. The maximum absolute atomic E-state index is 10.5. The molecule has 0 aliphatic carbocycles. The molecule has 0 fully saturated rings. The molecule has 3 heteroatoms. The molecule has 3 N–H and O–H groups in total. The molecule has 0 unspecified atom stereocenters. The van der Waals surface area contributed by atoms with Crippen molar-refractivity contribution in [2.75, 3.05) is 13.1 Å². The Morgan fingerprint density at radius 2 is 2.06 bits per heavy atom.